The quantitative estimate of drug-likeness (QED) is 0.787. The Labute approximate surface area is 96.0 Å². The molecule has 5 heteroatoms. The van der Waals surface area contributed by atoms with Gasteiger partial charge in [0, 0.05) is 25.8 Å². The highest BCUT2D eigenvalue weighted by Gasteiger charge is 2.14. The van der Waals surface area contributed by atoms with Crippen LogP contribution in [0.4, 0.5) is 0 Å². The summed E-state index contributed by atoms with van der Waals surface area (Å²) < 4.78 is 1.81. The van der Waals surface area contributed by atoms with Gasteiger partial charge >= 0.3 is 0 Å². The number of nitrogens with zero attached hydrogens (tertiary/aromatic N) is 2. The fraction of sp³-hybridized carbons (Fsp3) is 0.636. The number of hydrogen-bond donors (Lipinski definition) is 2. The molecule has 0 aliphatic carbocycles. The van der Waals surface area contributed by atoms with Gasteiger partial charge in [-0.1, -0.05) is 20.8 Å². The van der Waals surface area contributed by atoms with Crippen LogP contribution in [0.25, 0.3) is 0 Å². The van der Waals surface area contributed by atoms with Crippen LogP contribution in [0.15, 0.2) is 12.5 Å². The Morgan fingerprint density at radius 2 is 2.25 bits per heavy atom. The highest BCUT2D eigenvalue weighted by Crippen LogP contribution is 2.10. The van der Waals surface area contributed by atoms with E-state index in [1.807, 2.05) is 4.57 Å². The number of nitrogens with two attached hydrogens (primary N) is 1. The first-order valence-corrected chi connectivity index (χ1v) is 5.42. The van der Waals surface area contributed by atoms with Crippen LogP contribution >= 0.6 is 0 Å². The van der Waals surface area contributed by atoms with Crippen LogP contribution in [-0.4, -0.2) is 28.5 Å². The van der Waals surface area contributed by atoms with E-state index in [1.165, 1.54) is 0 Å². The molecule has 90 valence electrons. The number of amides is 1. The highest BCUT2D eigenvalue weighted by atomic mass is 16.1. The second kappa shape index (κ2) is 5.12. The van der Waals surface area contributed by atoms with E-state index in [0.717, 1.165) is 0 Å². The Morgan fingerprint density at radius 3 is 2.81 bits per heavy atom. The molecule has 1 rings (SSSR count). The molecule has 5 nitrogen and oxygen atoms in total. The molecule has 0 atom stereocenters. The Balaban J connectivity index is 2.53. The molecule has 0 aromatic carbocycles. The van der Waals surface area contributed by atoms with Crippen molar-refractivity contribution in [3.8, 4) is 0 Å². The van der Waals surface area contributed by atoms with Crippen molar-refractivity contribution in [1.82, 2.24) is 14.9 Å². The van der Waals surface area contributed by atoms with E-state index in [0.29, 0.717) is 25.3 Å². The van der Waals surface area contributed by atoms with Gasteiger partial charge in [0.1, 0.15) is 5.69 Å². The smallest absolute Gasteiger partial charge is 0.271 e. The highest BCUT2D eigenvalue weighted by molar-refractivity contribution is 5.92. The molecule has 0 radical (unpaired) electrons. The molecule has 0 aliphatic rings. The normalized spacial score (nSPS) is 11.5. The molecule has 1 amide bonds. The van der Waals surface area contributed by atoms with E-state index in [-0.39, 0.29) is 11.3 Å². The molecule has 0 saturated heterocycles. The van der Waals surface area contributed by atoms with Crippen molar-refractivity contribution >= 4 is 5.91 Å². The Bertz CT molecular complexity index is 351. The van der Waals surface area contributed by atoms with Crippen LogP contribution < -0.4 is 11.1 Å². The fourth-order valence-electron chi connectivity index (χ4n) is 1.18. The molecule has 0 unspecified atom stereocenters. The van der Waals surface area contributed by atoms with Gasteiger partial charge in [0.15, 0.2) is 0 Å². The summed E-state index contributed by atoms with van der Waals surface area (Å²) in [5, 5.41) is 2.85. The van der Waals surface area contributed by atoms with Crippen molar-refractivity contribution in [3.63, 3.8) is 0 Å². The molecule has 0 bridgehead atoms. The maximum absolute atomic E-state index is 11.7. The topological polar surface area (TPSA) is 72.9 Å². The first kappa shape index (κ1) is 12.7. The minimum atomic E-state index is -0.134. The third kappa shape index (κ3) is 4.02. The summed E-state index contributed by atoms with van der Waals surface area (Å²) in [6.07, 6.45) is 3.34. The Kier molecular flexibility index (Phi) is 4.06. The standard InChI is InChI=1S/C11H20N4O/c1-11(2,3)7-13-10(16)9-6-15(5-4-12)8-14-9/h6,8H,4-5,7,12H2,1-3H3,(H,13,16). The monoisotopic (exact) mass is 224 g/mol. The largest absolute Gasteiger partial charge is 0.350 e. The van der Waals surface area contributed by atoms with Crippen molar-refractivity contribution < 1.29 is 4.79 Å². The van der Waals surface area contributed by atoms with Gasteiger partial charge in [0.05, 0.1) is 6.33 Å². The Morgan fingerprint density at radius 1 is 1.56 bits per heavy atom. The molecule has 0 aliphatic heterocycles. The van der Waals surface area contributed by atoms with Gasteiger partial charge in [-0.2, -0.15) is 0 Å². The van der Waals surface area contributed by atoms with E-state index < -0.39 is 0 Å². The molecule has 1 aromatic rings. The lowest BCUT2D eigenvalue weighted by molar-refractivity contribution is 0.0934. The van der Waals surface area contributed by atoms with Crippen molar-refractivity contribution in [2.75, 3.05) is 13.1 Å². The third-order valence-corrected chi connectivity index (χ3v) is 2.03. The zero-order valence-electron chi connectivity index (χ0n) is 10.2. The summed E-state index contributed by atoms with van der Waals surface area (Å²) in [6, 6.07) is 0. The first-order valence-electron chi connectivity index (χ1n) is 5.42. The predicted octanol–water partition coefficient (Wildman–Crippen LogP) is 0.618. The average molecular weight is 224 g/mol. The van der Waals surface area contributed by atoms with Gasteiger partial charge in [-0.05, 0) is 5.41 Å². The second-order valence-electron chi connectivity index (χ2n) is 5.03. The summed E-state index contributed by atoms with van der Waals surface area (Å²) >= 11 is 0. The summed E-state index contributed by atoms with van der Waals surface area (Å²) in [7, 11) is 0. The molecule has 0 fully saturated rings. The molecular formula is C11H20N4O. The van der Waals surface area contributed by atoms with Crippen molar-refractivity contribution in [2.24, 2.45) is 11.1 Å². The van der Waals surface area contributed by atoms with Crippen LogP contribution in [-0.2, 0) is 6.54 Å². The van der Waals surface area contributed by atoms with Crippen molar-refractivity contribution in [2.45, 2.75) is 27.3 Å². The lowest BCUT2D eigenvalue weighted by Crippen LogP contribution is -2.32. The van der Waals surface area contributed by atoms with E-state index in [4.69, 9.17) is 5.73 Å². The lowest BCUT2D eigenvalue weighted by atomic mass is 9.97. The zero-order chi connectivity index (χ0) is 12.2. The molecule has 16 heavy (non-hydrogen) atoms. The minimum absolute atomic E-state index is 0.0789. The van der Waals surface area contributed by atoms with Crippen molar-refractivity contribution in [1.29, 1.82) is 0 Å². The number of nitrogens with one attached hydrogen (secondary N) is 1. The molecular weight excluding hydrogens is 204 g/mol. The molecule has 1 aromatic heterocycles. The number of aromatic nitrogens is 2. The van der Waals surface area contributed by atoms with Gasteiger partial charge in [0.2, 0.25) is 0 Å². The number of rotatable bonds is 4. The number of carbonyl (C=O) groups excluding carboxylic acids is 1. The van der Waals surface area contributed by atoms with Gasteiger partial charge in [0.25, 0.3) is 5.91 Å². The van der Waals surface area contributed by atoms with E-state index >= 15 is 0 Å². The van der Waals surface area contributed by atoms with E-state index in [2.05, 4.69) is 31.1 Å². The van der Waals surface area contributed by atoms with Crippen LogP contribution in [0.2, 0.25) is 0 Å². The summed E-state index contributed by atoms with van der Waals surface area (Å²) in [5.41, 5.74) is 5.93. The first-order chi connectivity index (χ1) is 7.42. The van der Waals surface area contributed by atoms with Crippen LogP contribution in [0, 0.1) is 5.41 Å². The minimum Gasteiger partial charge on any atom is -0.350 e. The van der Waals surface area contributed by atoms with Crippen LogP contribution in [0.3, 0.4) is 0 Å². The second-order valence-corrected chi connectivity index (χ2v) is 5.03. The maximum atomic E-state index is 11.7. The van der Waals surface area contributed by atoms with Gasteiger partial charge in [-0.3, -0.25) is 4.79 Å². The average Bonchev–Trinajstić information content (AvgIpc) is 2.62. The molecule has 3 N–H and O–H groups in total. The van der Waals surface area contributed by atoms with Gasteiger partial charge < -0.3 is 15.6 Å². The molecule has 1 heterocycles. The van der Waals surface area contributed by atoms with Crippen molar-refractivity contribution in [3.05, 3.63) is 18.2 Å². The number of carbonyl (C=O) groups is 1. The number of hydrogen-bond acceptors (Lipinski definition) is 3. The number of imidazole rings is 1. The maximum Gasteiger partial charge on any atom is 0.271 e. The van der Waals surface area contributed by atoms with Gasteiger partial charge in [-0.15, -0.1) is 0 Å². The van der Waals surface area contributed by atoms with E-state index in [9.17, 15) is 4.79 Å². The SMILES string of the molecule is CC(C)(C)CNC(=O)c1cn(CCN)cn1. The zero-order valence-corrected chi connectivity index (χ0v) is 10.2. The fourth-order valence-corrected chi connectivity index (χ4v) is 1.18. The summed E-state index contributed by atoms with van der Waals surface area (Å²) in [4.78, 5) is 15.7. The predicted molar refractivity (Wildman–Crippen MR) is 63.1 cm³/mol. The summed E-state index contributed by atoms with van der Waals surface area (Å²) in [5.74, 6) is -0.134. The molecule has 0 spiro atoms. The van der Waals surface area contributed by atoms with Crippen LogP contribution in [0.1, 0.15) is 31.3 Å². The third-order valence-electron chi connectivity index (χ3n) is 2.03. The Hall–Kier alpha value is -1.36. The molecule has 0 saturated carbocycles. The summed E-state index contributed by atoms with van der Waals surface area (Å²) in [6.45, 7) is 8.06. The van der Waals surface area contributed by atoms with E-state index in [1.54, 1.807) is 12.5 Å². The van der Waals surface area contributed by atoms with Crippen LogP contribution in [0.5, 0.6) is 0 Å². The lowest BCUT2D eigenvalue weighted by Gasteiger charge is -2.18. The van der Waals surface area contributed by atoms with Gasteiger partial charge in [-0.25, -0.2) is 4.98 Å².